The van der Waals surface area contributed by atoms with Crippen molar-refractivity contribution in [2.45, 2.75) is 33.2 Å². The Morgan fingerprint density at radius 1 is 1.53 bits per heavy atom. The van der Waals surface area contributed by atoms with Crippen LogP contribution < -0.4 is 11.4 Å². The van der Waals surface area contributed by atoms with Crippen LogP contribution in [0.25, 0.3) is 0 Å². The highest BCUT2D eigenvalue weighted by Gasteiger charge is 2.15. The fourth-order valence-electron chi connectivity index (χ4n) is 1.38. The van der Waals surface area contributed by atoms with Crippen LogP contribution in [0.3, 0.4) is 0 Å². The third-order valence-corrected chi connectivity index (χ3v) is 2.66. The van der Waals surface area contributed by atoms with Gasteiger partial charge in [0.25, 0.3) is 0 Å². The molecule has 0 aliphatic carbocycles. The lowest BCUT2D eigenvalue weighted by Gasteiger charge is -2.21. The summed E-state index contributed by atoms with van der Waals surface area (Å²) in [6.07, 6.45) is 3.48. The first-order valence-corrected chi connectivity index (χ1v) is 5.25. The van der Waals surface area contributed by atoms with Crippen molar-refractivity contribution < 1.29 is 0 Å². The number of nitrogens with two attached hydrogens (primary N) is 1. The van der Waals surface area contributed by atoms with E-state index in [4.69, 9.17) is 5.73 Å². The van der Waals surface area contributed by atoms with E-state index in [2.05, 4.69) is 18.9 Å². The largest absolute Gasteiger partial charge is 0.345 e. The van der Waals surface area contributed by atoms with Crippen molar-refractivity contribution in [2.75, 3.05) is 6.54 Å². The molecule has 2 N–H and O–H groups in total. The Labute approximate surface area is 89.9 Å². The molecule has 0 aliphatic heterocycles. The van der Waals surface area contributed by atoms with Crippen molar-refractivity contribution in [2.24, 2.45) is 18.2 Å². The van der Waals surface area contributed by atoms with Gasteiger partial charge in [-0.15, -0.1) is 0 Å². The molecule has 5 nitrogen and oxygen atoms in total. The van der Waals surface area contributed by atoms with Gasteiger partial charge in [-0.2, -0.15) is 5.10 Å². The van der Waals surface area contributed by atoms with Crippen molar-refractivity contribution in [3.05, 3.63) is 16.8 Å². The molecule has 1 rings (SSSR count). The van der Waals surface area contributed by atoms with E-state index >= 15 is 0 Å². The fourth-order valence-corrected chi connectivity index (χ4v) is 1.38. The first kappa shape index (κ1) is 12.0. The van der Waals surface area contributed by atoms with E-state index in [0.717, 1.165) is 12.8 Å². The molecule has 0 saturated heterocycles. The molecule has 0 unspecified atom stereocenters. The van der Waals surface area contributed by atoms with Gasteiger partial charge in [0.15, 0.2) is 0 Å². The van der Waals surface area contributed by atoms with Gasteiger partial charge < -0.3 is 5.73 Å². The van der Waals surface area contributed by atoms with E-state index in [1.807, 2.05) is 0 Å². The smallest absolute Gasteiger partial charge is 0.330 e. The van der Waals surface area contributed by atoms with Gasteiger partial charge in [0, 0.05) is 13.6 Å². The lowest BCUT2D eigenvalue weighted by atomic mass is 9.88. The molecule has 0 saturated carbocycles. The standard InChI is InChI=1S/C10H20N4O/c1-10(2,7-11)5-4-6-14-9(15)13(3)8-12-14/h8H,4-7,11H2,1-3H3. The summed E-state index contributed by atoms with van der Waals surface area (Å²) in [6.45, 7) is 5.61. The molecule has 86 valence electrons. The number of nitrogens with zero attached hydrogens (tertiary/aromatic N) is 3. The van der Waals surface area contributed by atoms with Gasteiger partial charge in [-0.3, -0.25) is 4.57 Å². The Kier molecular flexibility index (Phi) is 3.68. The van der Waals surface area contributed by atoms with Crippen LogP contribution in [-0.4, -0.2) is 20.9 Å². The van der Waals surface area contributed by atoms with Gasteiger partial charge in [-0.25, -0.2) is 9.48 Å². The van der Waals surface area contributed by atoms with Crippen molar-refractivity contribution in [1.82, 2.24) is 14.3 Å². The Balaban J connectivity index is 2.45. The highest BCUT2D eigenvalue weighted by molar-refractivity contribution is 4.70. The maximum Gasteiger partial charge on any atom is 0.345 e. The molecule has 0 aromatic carbocycles. The number of hydrogen-bond donors (Lipinski definition) is 1. The van der Waals surface area contributed by atoms with Crippen molar-refractivity contribution in [3.63, 3.8) is 0 Å². The van der Waals surface area contributed by atoms with E-state index < -0.39 is 0 Å². The normalized spacial score (nSPS) is 12.0. The quantitative estimate of drug-likeness (QED) is 0.765. The Morgan fingerprint density at radius 2 is 2.20 bits per heavy atom. The number of aromatic nitrogens is 3. The van der Waals surface area contributed by atoms with Crippen LogP contribution in [0, 0.1) is 5.41 Å². The minimum Gasteiger partial charge on any atom is -0.330 e. The topological polar surface area (TPSA) is 65.8 Å². The third kappa shape index (κ3) is 3.20. The van der Waals surface area contributed by atoms with Crippen LogP contribution in [0.1, 0.15) is 26.7 Å². The molecule has 15 heavy (non-hydrogen) atoms. The van der Waals surface area contributed by atoms with E-state index in [-0.39, 0.29) is 11.1 Å². The van der Waals surface area contributed by atoms with Crippen molar-refractivity contribution in [3.8, 4) is 0 Å². The van der Waals surface area contributed by atoms with E-state index in [0.29, 0.717) is 13.1 Å². The zero-order chi connectivity index (χ0) is 11.5. The molecular formula is C10H20N4O. The Hall–Kier alpha value is -1.10. The van der Waals surface area contributed by atoms with Gasteiger partial charge in [0.05, 0.1) is 0 Å². The maximum atomic E-state index is 11.4. The van der Waals surface area contributed by atoms with Crippen LogP contribution in [0.5, 0.6) is 0 Å². The summed E-state index contributed by atoms with van der Waals surface area (Å²) in [5.74, 6) is 0. The lowest BCUT2D eigenvalue weighted by molar-refractivity contribution is 0.322. The zero-order valence-corrected chi connectivity index (χ0v) is 9.73. The second-order valence-electron chi connectivity index (χ2n) is 4.72. The minimum atomic E-state index is -0.0550. The highest BCUT2D eigenvalue weighted by atomic mass is 16.2. The molecule has 0 aliphatic rings. The van der Waals surface area contributed by atoms with Gasteiger partial charge in [0.2, 0.25) is 0 Å². The zero-order valence-electron chi connectivity index (χ0n) is 9.73. The van der Waals surface area contributed by atoms with E-state index in [1.165, 1.54) is 15.6 Å². The Morgan fingerprint density at radius 3 is 2.67 bits per heavy atom. The van der Waals surface area contributed by atoms with E-state index in [9.17, 15) is 4.79 Å². The number of aryl methyl sites for hydroxylation is 2. The predicted octanol–water partition coefficient (Wildman–Crippen LogP) is 0.347. The summed E-state index contributed by atoms with van der Waals surface area (Å²) in [5, 5.41) is 4.00. The summed E-state index contributed by atoms with van der Waals surface area (Å²) in [4.78, 5) is 11.4. The summed E-state index contributed by atoms with van der Waals surface area (Å²) < 4.78 is 2.97. The monoisotopic (exact) mass is 212 g/mol. The molecule has 5 heteroatoms. The molecular weight excluding hydrogens is 192 g/mol. The molecule has 0 fully saturated rings. The van der Waals surface area contributed by atoms with Crippen LogP contribution in [-0.2, 0) is 13.6 Å². The first-order valence-electron chi connectivity index (χ1n) is 5.25. The van der Waals surface area contributed by atoms with Gasteiger partial charge in [0.1, 0.15) is 6.33 Å². The summed E-state index contributed by atoms with van der Waals surface area (Å²) >= 11 is 0. The predicted molar refractivity (Wildman–Crippen MR) is 59.5 cm³/mol. The Bertz CT molecular complexity index is 364. The van der Waals surface area contributed by atoms with Crippen LogP contribution in [0.15, 0.2) is 11.1 Å². The summed E-state index contributed by atoms with van der Waals surface area (Å²) in [5.41, 5.74) is 5.73. The molecule has 0 radical (unpaired) electrons. The third-order valence-electron chi connectivity index (χ3n) is 2.66. The van der Waals surface area contributed by atoms with Crippen LogP contribution in [0.4, 0.5) is 0 Å². The SMILES string of the molecule is Cn1cnn(CCCC(C)(C)CN)c1=O. The second-order valence-corrected chi connectivity index (χ2v) is 4.72. The minimum absolute atomic E-state index is 0.0550. The number of rotatable bonds is 5. The molecule has 1 aromatic heterocycles. The summed E-state index contributed by atoms with van der Waals surface area (Å²) in [7, 11) is 1.70. The van der Waals surface area contributed by atoms with E-state index in [1.54, 1.807) is 7.05 Å². The number of hydrogen-bond acceptors (Lipinski definition) is 3. The average Bonchev–Trinajstić information content (AvgIpc) is 2.49. The van der Waals surface area contributed by atoms with Crippen LogP contribution >= 0.6 is 0 Å². The summed E-state index contributed by atoms with van der Waals surface area (Å²) in [6, 6.07) is 0. The maximum absolute atomic E-state index is 11.4. The molecule has 0 amide bonds. The molecule has 1 heterocycles. The molecule has 0 atom stereocenters. The first-order chi connectivity index (χ1) is 6.96. The van der Waals surface area contributed by atoms with Gasteiger partial charge in [-0.1, -0.05) is 13.8 Å². The molecule has 0 bridgehead atoms. The highest BCUT2D eigenvalue weighted by Crippen LogP contribution is 2.20. The van der Waals surface area contributed by atoms with Gasteiger partial charge >= 0.3 is 5.69 Å². The average molecular weight is 212 g/mol. The van der Waals surface area contributed by atoms with Crippen LogP contribution in [0.2, 0.25) is 0 Å². The van der Waals surface area contributed by atoms with Gasteiger partial charge in [-0.05, 0) is 24.8 Å². The molecule has 0 spiro atoms. The van der Waals surface area contributed by atoms with Crippen molar-refractivity contribution in [1.29, 1.82) is 0 Å². The van der Waals surface area contributed by atoms with Crippen molar-refractivity contribution >= 4 is 0 Å². The lowest BCUT2D eigenvalue weighted by Crippen LogP contribution is -2.26. The second kappa shape index (κ2) is 4.61. The fraction of sp³-hybridized carbons (Fsp3) is 0.800. The molecule has 1 aromatic rings.